The highest BCUT2D eigenvalue weighted by Gasteiger charge is 2.16. The fourth-order valence-electron chi connectivity index (χ4n) is 1.30. The van der Waals surface area contributed by atoms with Crippen molar-refractivity contribution in [3.63, 3.8) is 0 Å². The van der Waals surface area contributed by atoms with Crippen molar-refractivity contribution in [2.24, 2.45) is 5.73 Å². The summed E-state index contributed by atoms with van der Waals surface area (Å²) in [5.41, 5.74) is 6.51. The molecular weight excluding hydrogens is 233 g/mol. The number of nitrogens with zero attached hydrogens (tertiary/aromatic N) is 2. The van der Waals surface area contributed by atoms with E-state index in [1.165, 1.54) is 18.2 Å². The molecule has 1 aromatic carbocycles. The number of hydrogen-bond donors (Lipinski definition) is 1. The van der Waals surface area contributed by atoms with E-state index in [0.717, 1.165) is 0 Å². The molecule has 4 nitrogen and oxygen atoms in total. The summed E-state index contributed by atoms with van der Waals surface area (Å²) in [6.45, 7) is 1.67. The molecular formula is C10H9ClFN3O. The molecule has 0 aliphatic heterocycles. The van der Waals surface area contributed by atoms with Crippen molar-refractivity contribution in [1.29, 1.82) is 0 Å². The minimum atomic E-state index is -0.574. The summed E-state index contributed by atoms with van der Waals surface area (Å²) in [6, 6.07) is 3.67. The highest BCUT2D eigenvalue weighted by molar-refractivity contribution is 6.30. The van der Waals surface area contributed by atoms with Gasteiger partial charge in [0.05, 0.1) is 11.1 Å². The highest BCUT2D eigenvalue weighted by Crippen LogP contribution is 2.22. The van der Waals surface area contributed by atoms with Crippen LogP contribution in [0.15, 0.2) is 22.7 Å². The second-order valence-corrected chi connectivity index (χ2v) is 3.73. The van der Waals surface area contributed by atoms with E-state index in [4.69, 9.17) is 21.9 Å². The first-order valence-electron chi connectivity index (χ1n) is 4.58. The normalized spacial score (nSPS) is 12.8. The van der Waals surface area contributed by atoms with Gasteiger partial charge in [0, 0.05) is 6.92 Å². The van der Waals surface area contributed by atoms with Gasteiger partial charge in [-0.2, -0.15) is 4.98 Å². The van der Waals surface area contributed by atoms with Gasteiger partial charge in [-0.3, -0.25) is 0 Å². The van der Waals surface area contributed by atoms with E-state index in [-0.39, 0.29) is 5.02 Å². The van der Waals surface area contributed by atoms with Crippen LogP contribution in [-0.4, -0.2) is 10.1 Å². The lowest BCUT2D eigenvalue weighted by Gasteiger charge is -2.07. The average molecular weight is 242 g/mol. The van der Waals surface area contributed by atoms with Crippen LogP contribution in [0.3, 0.4) is 0 Å². The van der Waals surface area contributed by atoms with Crippen LogP contribution in [0, 0.1) is 12.7 Å². The van der Waals surface area contributed by atoms with Crippen LogP contribution >= 0.6 is 11.6 Å². The zero-order valence-corrected chi connectivity index (χ0v) is 9.20. The van der Waals surface area contributed by atoms with Crippen molar-refractivity contribution >= 4 is 11.6 Å². The van der Waals surface area contributed by atoms with E-state index < -0.39 is 11.9 Å². The standard InChI is InChI=1S/C10H9ClFN3O/c1-5-14-10(15-16-5)9(13)6-2-3-8(12)7(11)4-6/h2-4,9H,13H2,1H3. The molecule has 0 saturated carbocycles. The lowest BCUT2D eigenvalue weighted by atomic mass is 10.1. The molecule has 0 fully saturated rings. The monoisotopic (exact) mass is 241 g/mol. The van der Waals surface area contributed by atoms with Gasteiger partial charge >= 0.3 is 0 Å². The number of nitrogens with two attached hydrogens (primary N) is 1. The largest absolute Gasteiger partial charge is 0.340 e. The molecule has 0 radical (unpaired) electrons. The Kier molecular flexibility index (Phi) is 2.89. The number of benzene rings is 1. The first kappa shape index (κ1) is 11.0. The van der Waals surface area contributed by atoms with Gasteiger partial charge in [0.15, 0.2) is 5.82 Å². The van der Waals surface area contributed by atoms with Gasteiger partial charge in [0.25, 0.3) is 0 Å². The maximum absolute atomic E-state index is 12.9. The second kappa shape index (κ2) is 4.19. The lowest BCUT2D eigenvalue weighted by molar-refractivity contribution is 0.385. The maximum atomic E-state index is 12.9. The molecule has 2 rings (SSSR count). The minimum absolute atomic E-state index is 0.0215. The van der Waals surface area contributed by atoms with Gasteiger partial charge in [-0.1, -0.05) is 22.8 Å². The Morgan fingerprint density at radius 1 is 1.50 bits per heavy atom. The summed E-state index contributed by atoms with van der Waals surface area (Å²) < 4.78 is 17.8. The van der Waals surface area contributed by atoms with E-state index in [1.807, 2.05) is 0 Å². The van der Waals surface area contributed by atoms with Gasteiger partial charge in [0.1, 0.15) is 5.82 Å². The van der Waals surface area contributed by atoms with Gasteiger partial charge in [-0.05, 0) is 17.7 Å². The lowest BCUT2D eigenvalue weighted by Crippen LogP contribution is -2.13. The predicted octanol–water partition coefficient (Wildman–Crippen LogP) is 2.22. The van der Waals surface area contributed by atoms with Gasteiger partial charge < -0.3 is 10.3 Å². The number of halogens is 2. The van der Waals surface area contributed by atoms with Crippen LogP contribution in [0.4, 0.5) is 4.39 Å². The van der Waals surface area contributed by atoms with E-state index in [1.54, 1.807) is 6.92 Å². The van der Waals surface area contributed by atoms with Crippen LogP contribution in [0.1, 0.15) is 23.3 Å². The number of rotatable bonds is 2. The molecule has 1 heterocycles. The second-order valence-electron chi connectivity index (χ2n) is 3.32. The highest BCUT2D eigenvalue weighted by atomic mass is 35.5. The van der Waals surface area contributed by atoms with E-state index in [0.29, 0.717) is 17.3 Å². The van der Waals surface area contributed by atoms with Crippen molar-refractivity contribution in [3.8, 4) is 0 Å². The summed E-state index contributed by atoms with van der Waals surface area (Å²) in [6.07, 6.45) is 0. The molecule has 1 atom stereocenters. The van der Waals surface area contributed by atoms with Crippen molar-refractivity contribution in [3.05, 3.63) is 46.3 Å². The SMILES string of the molecule is Cc1nc(C(N)c2ccc(F)c(Cl)c2)no1. The smallest absolute Gasteiger partial charge is 0.223 e. The quantitative estimate of drug-likeness (QED) is 0.876. The fraction of sp³-hybridized carbons (Fsp3) is 0.200. The third kappa shape index (κ3) is 2.05. The third-order valence-electron chi connectivity index (χ3n) is 2.12. The molecule has 2 aromatic rings. The van der Waals surface area contributed by atoms with Gasteiger partial charge in [0.2, 0.25) is 5.89 Å². The maximum Gasteiger partial charge on any atom is 0.223 e. The molecule has 6 heteroatoms. The Hall–Kier alpha value is -1.46. The molecule has 84 valence electrons. The molecule has 2 N–H and O–H groups in total. The summed E-state index contributed by atoms with van der Waals surface area (Å²) in [4.78, 5) is 4.00. The van der Waals surface area contributed by atoms with Crippen molar-refractivity contribution in [2.75, 3.05) is 0 Å². The number of aromatic nitrogens is 2. The molecule has 1 aromatic heterocycles. The molecule has 0 aliphatic carbocycles. The first-order chi connectivity index (χ1) is 7.58. The van der Waals surface area contributed by atoms with Crippen LogP contribution in [0.25, 0.3) is 0 Å². The average Bonchev–Trinajstić information content (AvgIpc) is 2.68. The summed E-state index contributed by atoms with van der Waals surface area (Å²) >= 11 is 5.66. The van der Waals surface area contributed by atoms with Crippen molar-refractivity contribution < 1.29 is 8.91 Å². The Bertz CT molecular complexity index is 515. The van der Waals surface area contributed by atoms with E-state index in [2.05, 4.69) is 10.1 Å². The molecule has 0 bridgehead atoms. The molecule has 1 unspecified atom stereocenters. The Balaban J connectivity index is 2.33. The summed E-state index contributed by atoms with van der Waals surface area (Å²) in [5.74, 6) is 0.292. The van der Waals surface area contributed by atoms with Crippen molar-refractivity contribution in [2.45, 2.75) is 13.0 Å². The van der Waals surface area contributed by atoms with Crippen LogP contribution in [0.5, 0.6) is 0 Å². The molecule has 0 aliphatic rings. The third-order valence-corrected chi connectivity index (χ3v) is 2.41. The van der Waals surface area contributed by atoms with E-state index in [9.17, 15) is 4.39 Å². The molecule has 0 amide bonds. The number of hydrogen-bond acceptors (Lipinski definition) is 4. The summed E-state index contributed by atoms with van der Waals surface area (Å²) in [7, 11) is 0. The minimum Gasteiger partial charge on any atom is -0.340 e. The van der Waals surface area contributed by atoms with Crippen molar-refractivity contribution in [1.82, 2.24) is 10.1 Å². The van der Waals surface area contributed by atoms with E-state index >= 15 is 0 Å². The Morgan fingerprint density at radius 3 is 2.81 bits per heavy atom. The summed E-state index contributed by atoms with van der Waals surface area (Å²) in [5, 5.41) is 3.72. The zero-order valence-electron chi connectivity index (χ0n) is 8.45. The van der Waals surface area contributed by atoms with Crippen LogP contribution < -0.4 is 5.73 Å². The predicted molar refractivity (Wildman–Crippen MR) is 56.5 cm³/mol. The first-order valence-corrected chi connectivity index (χ1v) is 4.96. The fourth-order valence-corrected chi connectivity index (χ4v) is 1.49. The molecule has 0 spiro atoms. The zero-order chi connectivity index (χ0) is 11.7. The van der Waals surface area contributed by atoms with Crippen LogP contribution in [-0.2, 0) is 0 Å². The molecule has 16 heavy (non-hydrogen) atoms. The van der Waals surface area contributed by atoms with Gasteiger partial charge in [-0.25, -0.2) is 4.39 Å². The molecule has 0 saturated heterocycles. The van der Waals surface area contributed by atoms with Crippen LogP contribution in [0.2, 0.25) is 5.02 Å². The topological polar surface area (TPSA) is 64.9 Å². The number of aryl methyl sites for hydroxylation is 1. The Labute approximate surface area is 96.2 Å². The van der Waals surface area contributed by atoms with Gasteiger partial charge in [-0.15, -0.1) is 0 Å². The Morgan fingerprint density at radius 2 is 2.25 bits per heavy atom.